The molecule has 2 N–H and O–H groups in total. The minimum Gasteiger partial charge on any atom is -0.323 e. The standard InChI is InChI=1S/C15H18N4O2S/c1-22(20,21)9-3-5-12-4-2-6-14(16-12)17-15-10-13(18-19-15)11-7-8-11/h2-6,10-11H,7-9H2,1H3,(H2,16,17,18,19)/b5-3+. The van der Waals surface area contributed by atoms with Gasteiger partial charge in [0.15, 0.2) is 15.7 Å². The van der Waals surface area contributed by atoms with Crippen LogP contribution in [0.3, 0.4) is 0 Å². The van der Waals surface area contributed by atoms with Gasteiger partial charge >= 0.3 is 0 Å². The molecule has 22 heavy (non-hydrogen) atoms. The molecule has 0 aliphatic heterocycles. The van der Waals surface area contributed by atoms with Crippen LogP contribution < -0.4 is 5.32 Å². The Kier molecular flexibility index (Phi) is 3.98. The zero-order valence-corrected chi connectivity index (χ0v) is 13.1. The largest absolute Gasteiger partial charge is 0.323 e. The van der Waals surface area contributed by atoms with Crippen LogP contribution in [0.2, 0.25) is 0 Å². The van der Waals surface area contributed by atoms with E-state index in [0.29, 0.717) is 17.4 Å². The van der Waals surface area contributed by atoms with E-state index in [4.69, 9.17) is 0 Å². The zero-order valence-electron chi connectivity index (χ0n) is 12.3. The highest BCUT2D eigenvalue weighted by molar-refractivity contribution is 7.90. The van der Waals surface area contributed by atoms with Crippen LogP contribution in [0.25, 0.3) is 6.08 Å². The maximum absolute atomic E-state index is 11.1. The molecule has 2 aromatic heterocycles. The van der Waals surface area contributed by atoms with Crippen LogP contribution in [0.15, 0.2) is 30.3 Å². The van der Waals surface area contributed by atoms with Crippen molar-refractivity contribution in [2.75, 3.05) is 17.3 Å². The first-order valence-electron chi connectivity index (χ1n) is 7.13. The van der Waals surface area contributed by atoms with E-state index in [1.165, 1.54) is 19.1 Å². The number of sulfone groups is 1. The quantitative estimate of drug-likeness (QED) is 0.854. The Hall–Kier alpha value is -2.15. The molecule has 0 bridgehead atoms. The number of aromatic nitrogens is 3. The topological polar surface area (TPSA) is 87.7 Å². The molecular formula is C15H18N4O2S. The van der Waals surface area contributed by atoms with Crippen molar-refractivity contribution in [2.45, 2.75) is 18.8 Å². The van der Waals surface area contributed by atoms with Crippen LogP contribution in [-0.2, 0) is 9.84 Å². The second-order valence-corrected chi connectivity index (χ2v) is 7.74. The van der Waals surface area contributed by atoms with E-state index in [2.05, 4.69) is 20.5 Å². The number of aromatic amines is 1. The van der Waals surface area contributed by atoms with Crippen molar-refractivity contribution < 1.29 is 8.42 Å². The van der Waals surface area contributed by atoms with Gasteiger partial charge in [-0.2, -0.15) is 5.10 Å². The van der Waals surface area contributed by atoms with E-state index in [0.717, 1.165) is 11.5 Å². The number of anilines is 2. The summed E-state index contributed by atoms with van der Waals surface area (Å²) in [6, 6.07) is 7.54. The molecule has 1 aliphatic carbocycles. The smallest absolute Gasteiger partial charge is 0.153 e. The molecule has 2 heterocycles. The Morgan fingerprint density at radius 2 is 2.18 bits per heavy atom. The third kappa shape index (κ3) is 4.17. The lowest BCUT2D eigenvalue weighted by molar-refractivity contribution is 0.604. The van der Waals surface area contributed by atoms with Crippen LogP contribution in [-0.4, -0.2) is 35.6 Å². The zero-order chi connectivity index (χ0) is 15.6. The molecule has 7 heteroatoms. The second kappa shape index (κ2) is 5.92. The van der Waals surface area contributed by atoms with Crippen LogP contribution in [0.5, 0.6) is 0 Å². The molecule has 116 valence electrons. The predicted molar refractivity (Wildman–Crippen MR) is 86.8 cm³/mol. The summed E-state index contributed by atoms with van der Waals surface area (Å²) >= 11 is 0. The Morgan fingerprint density at radius 1 is 1.36 bits per heavy atom. The molecule has 3 rings (SSSR count). The fraction of sp³-hybridized carbons (Fsp3) is 0.333. The summed E-state index contributed by atoms with van der Waals surface area (Å²) in [5.41, 5.74) is 1.86. The first-order valence-corrected chi connectivity index (χ1v) is 9.19. The number of nitrogens with one attached hydrogen (secondary N) is 2. The minimum atomic E-state index is -3.00. The van der Waals surface area contributed by atoms with E-state index in [9.17, 15) is 8.42 Å². The molecule has 0 unspecified atom stereocenters. The van der Waals surface area contributed by atoms with Crippen molar-refractivity contribution in [3.63, 3.8) is 0 Å². The predicted octanol–water partition coefficient (Wildman–Crippen LogP) is 2.48. The van der Waals surface area contributed by atoms with Crippen LogP contribution in [0.4, 0.5) is 11.6 Å². The molecule has 0 saturated heterocycles. The van der Waals surface area contributed by atoms with Gasteiger partial charge in [-0.15, -0.1) is 0 Å². The monoisotopic (exact) mass is 318 g/mol. The highest BCUT2D eigenvalue weighted by Crippen LogP contribution is 2.39. The SMILES string of the molecule is CS(=O)(=O)C/C=C/c1cccc(Nc2cc(C3CC3)[nH]n2)n1. The van der Waals surface area contributed by atoms with Crippen LogP contribution in [0, 0.1) is 0 Å². The van der Waals surface area contributed by atoms with Crippen LogP contribution in [0.1, 0.15) is 30.1 Å². The van der Waals surface area contributed by atoms with Gasteiger partial charge in [-0.25, -0.2) is 13.4 Å². The molecule has 0 spiro atoms. The summed E-state index contributed by atoms with van der Waals surface area (Å²) in [6.07, 6.45) is 6.95. The Morgan fingerprint density at radius 3 is 2.91 bits per heavy atom. The van der Waals surface area contributed by atoms with Crippen molar-refractivity contribution in [3.05, 3.63) is 41.7 Å². The number of nitrogens with zero attached hydrogens (tertiary/aromatic N) is 2. The molecule has 1 saturated carbocycles. The molecule has 1 fully saturated rings. The van der Waals surface area contributed by atoms with Gasteiger partial charge in [-0.05, 0) is 31.1 Å². The minimum absolute atomic E-state index is 0.0104. The van der Waals surface area contributed by atoms with E-state index in [1.54, 1.807) is 12.2 Å². The van der Waals surface area contributed by atoms with Gasteiger partial charge in [-0.1, -0.05) is 12.1 Å². The number of rotatable bonds is 6. The number of H-pyrrole nitrogens is 1. The summed E-state index contributed by atoms with van der Waals surface area (Å²) < 4.78 is 22.2. The second-order valence-electron chi connectivity index (χ2n) is 5.55. The van der Waals surface area contributed by atoms with Gasteiger partial charge in [0.1, 0.15) is 5.82 Å². The van der Waals surface area contributed by atoms with Gasteiger partial charge in [0, 0.05) is 23.9 Å². The third-order valence-corrected chi connectivity index (χ3v) is 4.13. The van der Waals surface area contributed by atoms with Crippen molar-refractivity contribution in [1.82, 2.24) is 15.2 Å². The van der Waals surface area contributed by atoms with Crippen LogP contribution >= 0.6 is 0 Å². The lowest BCUT2D eigenvalue weighted by Gasteiger charge is -2.02. The first kappa shape index (κ1) is 14.8. The summed E-state index contributed by atoms with van der Waals surface area (Å²) in [7, 11) is -3.00. The van der Waals surface area contributed by atoms with E-state index in [-0.39, 0.29) is 5.75 Å². The Balaban J connectivity index is 1.67. The average Bonchev–Trinajstić information content (AvgIpc) is 3.19. The molecular weight excluding hydrogens is 300 g/mol. The highest BCUT2D eigenvalue weighted by atomic mass is 32.2. The summed E-state index contributed by atoms with van der Waals surface area (Å²) in [4.78, 5) is 4.41. The van der Waals surface area contributed by atoms with Gasteiger partial charge in [0.25, 0.3) is 0 Å². The molecule has 0 radical (unpaired) electrons. The molecule has 6 nitrogen and oxygen atoms in total. The molecule has 0 amide bonds. The summed E-state index contributed by atoms with van der Waals surface area (Å²) in [6.45, 7) is 0. The van der Waals surface area contributed by atoms with Gasteiger partial charge < -0.3 is 5.32 Å². The maximum Gasteiger partial charge on any atom is 0.153 e. The van der Waals surface area contributed by atoms with Crippen molar-refractivity contribution in [3.8, 4) is 0 Å². The molecule has 1 aliphatic rings. The van der Waals surface area contributed by atoms with E-state index >= 15 is 0 Å². The first-order chi connectivity index (χ1) is 10.5. The number of pyridine rings is 1. The number of hydrogen-bond acceptors (Lipinski definition) is 5. The van der Waals surface area contributed by atoms with Gasteiger partial charge in [0.2, 0.25) is 0 Å². The summed E-state index contributed by atoms with van der Waals surface area (Å²) in [5.74, 6) is 2.06. The lowest BCUT2D eigenvalue weighted by atomic mass is 10.3. The van der Waals surface area contributed by atoms with E-state index in [1.807, 2.05) is 24.3 Å². The molecule has 2 aromatic rings. The lowest BCUT2D eigenvalue weighted by Crippen LogP contribution is -1.99. The maximum atomic E-state index is 11.1. The summed E-state index contributed by atoms with van der Waals surface area (Å²) in [5, 5.41) is 10.4. The molecule has 0 aromatic carbocycles. The Labute approximate surface area is 129 Å². The Bertz CT molecular complexity index is 791. The van der Waals surface area contributed by atoms with Gasteiger partial charge in [0.05, 0.1) is 11.4 Å². The van der Waals surface area contributed by atoms with Crippen molar-refractivity contribution >= 4 is 27.5 Å². The normalized spacial score (nSPS) is 15.3. The van der Waals surface area contributed by atoms with E-state index < -0.39 is 9.84 Å². The van der Waals surface area contributed by atoms with Gasteiger partial charge in [-0.3, -0.25) is 5.10 Å². The fourth-order valence-electron chi connectivity index (χ4n) is 2.09. The highest BCUT2D eigenvalue weighted by Gasteiger charge is 2.25. The molecule has 0 atom stereocenters. The number of hydrogen-bond donors (Lipinski definition) is 2. The van der Waals surface area contributed by atoms with Crippen molar-refractivity contribution in [2.24, 2.45) is 0 Å². The van der Waals surface area contributed by atoms with Crippen molar-refractivity contribution in [1.29, 1.82) is 0 Å². The average molecular weight is 318 g/mol. The third-order valence-electron chi connectivity index (χ3n) is 3.33. The fourth-order valence-corrected chi connectivity index (χ4v) is 2.54.